The van der Waals surface area contributed by atoms with E-state index in [-0.39, 0.29) is 13.0 Å². The molecule has 0 fully saturated rings. The van der Waals surface area contributed by atoms with Crippen LogP contribution in [0.25, 0.3) is 0 Å². The van der Waals surface area contributed by atoms with Gasteiger partial charge in [-0.3, -0.25) is 20.4 Å². The fourth-order valence-corrected chi connectivity index (χ4v) is 2.66. The molecule has 0 aliphatic rings. The summed E-state index contributed by atoms with van der Waals surface area (Å²) in [7, 11) is 0. The van der Waals surface area contributed by atoms with Crippen molar-refractivity contribution in [2.45, 2.75) is 12.5 Å². The highest BCUT2D eigenvalue weighted by atomic mass is 79.9. The van der Waals surface area contributed by atoms with E-state index in [0.717, 1.165) is 4.47 Å². The number of benzene rings is 2. The second-order valence-electron chi connectivity index (χ2n) is 5.66. The van der Waals surface area contributed by atoms with Crippen LogP contribution in [0.15, 0.2) is 53.0 Å². The van der Waals surface area contributed by atoms with Crippen molar-refractivity contribution in [2.24, 2.45) is 5.73 Å². The highest BCUT2D eigenvalue weighted by Gasteiger charge is 2.18. The lowest BCUT2D eigenvalue weighted by Crippen LogP contribution is -2.45. The Morgan fingerprint density at radius 2 is 1.75 bits per heavy atom. The Balaban J connectivity index is 1.83. The number of amides is 4. The van der Waals surface area contributed by atoms with Gasteiger partial charge in [0.1, 0.15) is 11.6 Å². The van der Waals surface area contributed by atoms with Crippen LogP contribution in [0.3, 0.4) is 0 Å². The monoisotopic (exact) mass is 452 g/mol. The van der Waals surface area contributed by atoms with E-state index in [1.165, 1.54) is 24.3 Å². The molecule has 0 spiro atoms. The van der Waals surface area contributed by atoms with Gasteiger partial charge in [-0.05, 0) is 42.0 Å². The Labute approximate surface area is 168 Å². The molecule has 0 saturated carbocycles. The topological polar surface area (TPSA) is 123 Å². The quantitative estimate of drug-likeness (QED) is 0.479. The maximum atomic E-state index is 12.8. The van der Waals surface area contributed by atoms with Crippen LogP contribution < -0.4 is 26.6 Å². The van der Waals surface area contributed by atoms with E-state index in [1.807, 2.05) is 0 Å². The minimum absolute atomic E-state index is 0.154. The predicted molar refractivity (Wildman–Crippen MR) is 102 cm³/mol. The molecule has 8 nitrogen and oxygen atoms in total. The molecule has 0 bridgehead atoms. The average molecular weight is 453 g/mol. The zero-order valence-corrected chi connectivity index (χ0v) is 16.2. The van der Waals surface area contributed by atoms with E-state index < -0.39 is 29.7 Å². The largest absolute Gasteiger partial charge is 0.484 e. The van der Waals surface area contributed by atoms with Gasteiger partial charge in [0.15, 0.2) is 6.61 Å². The molecule has 2 aromatic rings. The van der Waals surface area contributed by atoms with E-state index >= 15 is 0 Å². The first-order valence-electron chi connectivity index (χ1n) is 8.11. The third-order valence-corrected chi connectivity index (χ3v) is 3.98. The van der Waals surface area contributed by atoms with E-state index in [9.17, 15) is 18.8 Å². The fourth-order valence-electron chi connectivity index (χ4n) is 2.24. The molecule has 5 N–H and O–H groups in total. The number of hydrogen-bond donors (Lipinski definition) is 4. The summed E-state index contributed by atoms with van der Waals surface area (Å²) in [6.07, 6.45) is -0.154. The van der Waals surface area contributed by atoms with Crippen molar-refractivity contribution in [3.05, 3.63) is 64.4 Å². The van der Waals surface area contributed by atoms with Crippen molar-refractivity contribution >= 4 is 33.8 Å². The molecular weight excluding hydrogens is 435 g/mol. The van der Waals surface area contributed by atoms with Crippen LogP contribution in [0.5, 0.6) is 5.75 Å². The smallest absolute Gasteiger partial charge is 0.312 e. The van der Waals surface area contributed by atoms with Gasteiger partial charge in [-0.1, -0.05) is 28.1 Å². The molecule has 28 heavy (non-hydrogen) atoms. The lowest BCUT2D eigenvalue weighted by molar-refractivity contribution is -0.130. The van der Waals surface area contributed by atoms with Crippen LogP contribution in [-0.2, 0) is 9.59 Å². The van der Waals surface area contributed by atoms with E-state index in [1.54, 1.807) is 24.3 Å². The molecule has 2 aromatic carbocycles. The van der Waals surface area contributed by atoms with Crippen LogP contribution in [0.4, 0.5) is 9.18 Å². The van der Waals surface area contributed by atoms with Gasteiger partial charge < -0.3 is 15.8 Å². The predicted octanol–water partition coefficient (Wildman–Crippen LogP) is 1.91. The second-order valence-corrected chi connectivity index (χ2v) is 6.57. The van der Waals surface area contributed by atoms with Crippen molar-refractivity contribution in [1.82, 2.24) is 16.2 Å². The number of primary amides is 1. The van der Waals surface area contributed by atoms with E-state index in [4.69, 9.17) is 10.5 Å². The van der Waals surface area contributed by atoms with Gasteiger partial charge >= 0.3 is 6.03 Å². The van der Waals surface area contributed by atoms with Gasteiger partial charge in [-0.2, -0.15) is 0 Å². The molecule has 2 rings (SSSR count). The van der Waals surface area contributed by atoms with Crippen LogP contribution in [0, 0.1) is 5.82 Å². The minimum atomic E-state index is -0.783. The van der Waals surface area contributed by atoms with Gasteiger partial charge in [0.05, 0.1) is 12.5 Å². The summed E-state index contributed by atoms with van der Waals surface area (Å²) in [6.45, 7) is -0.374. The Hall–Kier alpha value is -3.14. The van der Waals surface area contributed by atoms with E-state index in [0.29, 0.717) is 11.3 Å². The molecule has 0 aliphatic heterocycles. The average Bonchev–Trinajstić information content (AvgIpc) is 2.65. The summed E-state index contributed by atoms with van der Waals surface area (Å²) in [5.41, 5.74) is 10.3. The number of carbonyl (C=O) groups excluding carboxylic acids is 3. The lowest BCUT2D eigenvalue weighted by Gasteiger charge is -2.18. The third kappa shape index (κ3) is 7.23. The normalized spacial score (nSPS) is 11.2. The van der Waals surface area contributed by atoms with Gasteiger partial charge in [0.2, 0.25) is 5.91 Å². The molecule has 1 atom stereocenters. The molecule has 4 amide bonds. The number of hydrazine groups is 1. The van der Waals surface area contributed by atoms with Crippen molar-refractivity contribution in [3.8, 4) is 5.75 Å². The zero-order valence-electron chi connectivity index (χ0n) is 14.6. The SMILES string of the molecule is NC(=O)NC(CC(=O)NNC(=O)COc1ccc(F)cc1)c1cccc(Br)c1. The summed E-state index contributed by atoms with van der Waals surface area (Å²) in [5, 5.41) is 2.48. The first kappa shape index (κ1) is 21.2. The first-order chi connectivity index (χ1) is 13.3. The first-order valence-corrected chi connectivity index (χ1v) is 8.90. The second kappa shape index (κ2) is 10.3. The summed E-state index contributed by atoms with van der Waals surface area (Å²) in [6, 6.07) is 10.7. The molecule has 148 valence electrons. The van der Waals surface area contributed by atoms with Crippen molar-refractivity contribution in [3.63, 3.8) is 0 Å². The van der Waals surface area contributed by atoms with Crippen LogP contribution >= 0.6 is 15.9 Å². The molecule has 0 aromatic heterocycles. The third-order valence-electron chi connectivity index (χ3n) is 3.48. The molecular formula is C18H18BrFN4O4. The summed E-state index contributed by atoms with van der Waals surface area (Å²) < 4.78 is 18.7. The minimum Gasteiger partial charge on any atom is -0.484 e. The van der Waals surface area contributed by atoms with Gasteiger partial charge in [0.25, 0.3) is 5.91 Å². The molecule has 0 aliphatic carbocycles. The van der Waals surface area contributed by atoms with Crippen LogP contribution in [0.1, 0.15) is 18.0 Å². The maximum Gasteiger partial charge on any atom is 0.312 e. The number of hydrogen-bond acceptors (Lipinski definition) is 4. The van der Waals surface area contributed by atoms with Gasteiger partial charge in [0, 0.05) is 4.47 Å². The zero-order chi connectivity index (χ0) is 20.5. The van der Waals surface area contributed by atoms with Crippen LogP contribution in [0.2, 0.25) is 0 Å². The maximum absolute atomic E-state index is 12.8. The number of urea groups is 1. The standard InChI is InChI=1S/C18H18BrFN4O4/c19-12-3-1-2-11(8-12)15(22-18(21)27)9-16(25)23-24-17(26)10-28-14-6-4-13(20)5-7-14/h1-8,15H,9-10H2,(H,23,25)(H,24,26)(H3,21,22,27). The Morgan fingerprint density at radius 3 is 2.39 bits per heavy atom. The number of nitrogens with two attached hydrogens (primary N) is 1. The van der Waals surface area contributed by atoms with Crippen LogP contribution in [-0.4, -0.2) is 24.5 Å². The number of nitrogens with one attached hydrogen (secondary N) is 3. The number of carbonyl (C=O) groups is 3. The van der Waals surface area contributed by atoms with E-state index in [2.05, 4.69) is 32.1 Å². The molecule has 1 unspecified atom stereocenters. The Kier molecular flexibility index (Phi) is 7.76. The molecule has 0 radical (unpaired) electrons. The summed E-state index contributed by atoms with van der Waals surface area (Å²) in [5.74, 6) is -1.27. The summed E-state index contributed by atoms with van der Waals surface area (Å²) >= 11 is 3.32. The fraction of sp³-hybridized carbons (Fsp3) is 0.167. The molecule has 0 heterocycles. The Bertz CT molecular complexity index is 848. The lowest BCUT2D eigenvalue weighted by atomic mass is 10.0. The Morgan fingerprint density at radius 1 is 1.07 bits per heavy atom. The number of rotatable bonds is 7. The van der Waals surface area contributed by atoms with Crippen molar-refractivity contribution < 1.29 is 23.5 Å². The van der Waals surface area contributed by atoms with Gasteiger partial charge in [-0.15, -0.1) is 0 Å². The van der Waals surface area contributed by atoms with Crippen molar-refractivity contribution in [2.75, 3.05) is 6.61 Å². The number of ether oxygens (including phenoxy) is 1. The number of halogens is 2. The van der Waals surface area contributed by atoms with Crippen molar-refractivity contribution in [1.29, 1.82) is 0 Å². The summed E-state index contributed by atoms with van der Waals surface area (Å²) in [4.78, 5) is 35.1. The highest BCUT2D eigenvalue weighted by molar-refractivity contribution is 9.10. The molecule has 10 heteroatoms. The highest BCUT2D eigenvalue weighted by Crippen LogP contribution is 2.20. The van der Waals surface area contributed by atoms with Gasteiger partial charge in [-0.25, -0.2) is 9.18 Å². The molecule has 0 saturated heterocycles.